The molecule has 0 aromatic heterocycles. The van der Waals surface area contributed by atoms with Crippen molar-refractivity contribution in [3.05, 3.63) is 0 Å². The van der Waals surface area contributed by atoms with Crippen molar-refractivity contribution in [2.75, 3.05) is 0 Å². The van der Waals surface area contributed by atoms with E-state index in [1.807, 2.05) is 0 Å². The van der Waals surface area contributed by atoms with Crippen LogP contribution in [0.4, 0.5) is 0 Å². The van der Waals surface area contributed by atoms with Crippen molar-refractivity contribution in [2.24, 2.45) is 0 Å². The van der Waals surface area contributed by atoms with E-state index in [2.05, 4.69) is 0 Å². The van der Waals surface area contributed by atoms with Gasteiger partial charge in [0.25, 0.3) is 0 Å². The van der Waals surface area contributed by atoms with Crippen molar-refractivity contribution in [3.63, 3.8) is 0 Å². The fourth-order valence-electron chi connectivity index (χ4n) is 0.207. The molecule has 0 saturated heterocycles. The summed E-state index contributed by atoms with van der Waals surface area (Å²) in [6.07, 6.45) is 0. The van der Waals surface area contributed by atoms with E-state index in [1.165, 1.54) is 14.2 Å². The van der Waals surface area contributed by atoms with Crippen LogP contribution in [0.5, 0.6) is 0 Å². The Morgan fingerprint density at radius 3 is 1.80 bits per heavy atom. The van der Waals surface area contributed by atoms with E-state index in [-0.39, 0.29) is 19.5 Å². The average Bonchev–Trinajstić information content (AvgIpc) is 1.64. The van der Waals surface area contributed by atoms with Crippen molar-refractivity contribution in [3.8, 4) is 0 Å². The van der Waals surface area contributed by atoms with E-state index >= 15 is 0 Å². The number of alkyl halides is 4. The van der Waals surface area contributed by atoms with Crippen LogP contribution in [0.2, 0.25) is 0 Å². The second-order valence-electron chi connectivity index (χ2n) is 1.33. The predicted molar refractivity (Wildman–Crippen MR) is 47.2 cm³/mol. The van der Waals surface area contributed by atoms with Gasteiger partial charge in [-0.15, -0.1) is 11.6 Å². The molecule has 0 aliphatic heterocycles. The maximum absolute atomic E-state index is 5.49. The van der Waals surface area contributed by atoms with Crippen LogP contribution in [0.1, 0.15) is 0 Å². The number of hydrogen-bond donors (Lipinski definition) is 0. The van der Waals surface area contributed by atoms with E-state index < -0.39 is 9.07 Å². The van der Waals surface area contributed by atoms with E-state index in [9.17, 15) is 0 Å². The second-order valence-corrected chi connectivity index (χ2v) is 4.17. The van der Waals surface area contributed by atoms with Crippen molar-refractivity contribution in [1.29, 1.82) is 0 Å². The topological polar surface area (TPSA) is 0 Å². The summed E-state index contributed by atoms with van der Waals surface area (Å²) >= 11 is 21.6. The third kappa shape index (κ3) is 6.67. The minimum atomic E-state index is -1.47. The van der Waals surface area contributed by atoms with Gasteiger partial charge in [-0.3, -0.25) is 0 Å². The summed E-state index contributed by atoms with van der Waals surface area (Å²) in [7, 11) is 7.62. The minimum absolute atomic E-state index is 0. The minimum Gasteiger partial charge on any atom is -0.129 e. The summed E-state index contributed by atoms with van der Waals surface area (Å²) in [5.74, 6) is 0. The Hall–Kier alpha value is 1.98. The molecule has 0 aromatic rings. The van der Waals surface area contributed by atoms with Gasteiger partial charge in [0.05, 0.1) is 7.17 Å². The largest absolute Gasteiger partial charge is 0.198 e. The average molecular weight is 302 g/mol. The Morgan fingerprint density at radius 1 is 1.30 bits per heavy atom. The molecule has 8 heteroatoms. The summed E-state index contributed by atoms with van der Waals surface area (Å²) < 4.78 is -1.47. The fourth-order valence-corrected chi connectivity index (χ4v) is 0.509. The van der Waals surface area contributed by atoms with Gasteiger partial charge in [0.15, 0.2) is 3.79 Å². The molecule has 0 bridgehead atoms. The molecule has 0 amide bonds. The summed E-state index contributed by atoms with van der Waals surface area (Å²) in [6, 6.07) is 0. The molecular formula is C2HB3Cl4Rh. The van der Waals surface area contributed by atoms with Crippen LogP contribution in [-0.4, -0.2) is 31.0 Å². The van der Waals surface area contributed by atoms with Gasteiger partial charge >= 0.3 is 0 Å². The first-order chi connectivity index (χ1) is 3.98. The standard InChI is InChI=1S/C2HB3Cl4.Rh/c3-5-4-1(6)2(7,8)9;/h1H;. The summed E-state index contributed by atoms with van der Waals surface area (Å²) in [4.78, 5) is 0. The van der Waals surface area contributed by atoms with Crippen molar-refractivity contribution in [2.45, 2.75) is 9.07 Å². The van der Waals surface area contributed by atoms with Crippen LogP contribution in [0.25, 0.3) is 0 Å². The zero-order valence-corrected chi connectivity index (χ0v) is 9.32. The van der Waals surface area contributed by atoms with Gasteiger partial charge < -0.3 is 0 Å². The Morgan fingerprint density at radius 2 is 1.70 bits per heavy atom. The number of halogens is 4. The molecule has 0 aromatic carbocycles. The van der Waals surface area contributed by atoms with Crippen LogP contribution in [0.3, 0.4) is 0 Å². The summed E-state index contributed by atoms with van der Waals surface area (Å²) in [5.41, 5.74) is 0. The molecule has 10 heavy (non-hydrogen) atoms. The van der Waals surface area contributed by atoms with Gasteiger partial charge in [-0.2, -0.15) is 0 Å². The summed E-state index contributed by atoms with van der Waals surface area (Å²) in [6.45, 7) is 0. The molecule has 0 saturated carbocycles. The van der Waals surface area contributed by atoms with E-state index in [0.29, 0.717) is 0 Å². The second kappa shape index (κ2) is 6.49. The molecule has 55 valence electrons. The molecule has 0 rings (SSSR count). The van der Waals surface area contributed by atoms with Crippen molar-refractivity contribution < 1.29 is 19.5 Å². The van der Waals surface area contributed by atoms with Crippen LogP contribution in [0, 0.1) is 0 Å². The van der Waals surface area contributed by atoms with Gasteiger partial charge in [0, 0.05) is 39.6 Å². The molecule has 0 spiro atoms. The molecule has 0 heterocycles. The maximum atomic E-state index is 5.49. The van der Waals surface area contributed by atoms with Gasteiger partial charge in [-0.25, -0.2) is 0 Å². The Labute approximate surface area is 96.3 Å². The number of hydrogen-bond acceptors (Lipinski definition) is 0. The van der Waals surface area contributed by atoms with Crippen LogP contribution in [0.15, 0.2) is 0 Å². The summed E-state index contributed by atoms with van der Waals surface area (Å²) in [5, 5.41) is -0.674. The molecule has 0 fully saturated rings. The quantitative estimate of drug-likeness (QED) is 0.533. The Kier molecular flexibility index (Phi) is 9.41. The zero-order chi connectivity index (χ0) is 7.49. The van der Waals surface area contributed by atoms with Gasteiger partial charge in [-0.05, 0) is 0 Å². The fraction of sp³-hybridized carbons (Fsp3) is 1.00. The Bertz CT molecular complexity index is 85.1. The first-order valence-corrected chi connectivity index (χ1v) is 3.64. The van der Waals surface area contributed by atoms with Gasteiger partial charge in [0.2, 0.25) is 0 Å². The Balaban J connectivity index is 0. The third-order valence-corrected chi connectivity index (χ3v) is 2.11. The van der Waals surface area contributed by atoms with Crippen molar-refractivity contribution in [1.82, 2.24) is 0 Å². The van der Waals surface area contributed by atoms with Crippen LogP contribution in [-0.2, 0) is 19.5 Å². The third-order valence-electron chi connectivity index (χ3n) is 0.593. The van der Waals surface area contributed by atoms with E-state index in [4.69, 9.17) is 54.1 Å². The normalized spacial score (nSPS) is 13.2. The van der Waals surface area contributed by atoms with Gasteiger partial charge in [0.1, 0.15) is 0 Å². The first-order valence-electron chi connectivity index (χ1n) is 2.07. The van der Waals surface area contributed by atoms with Crippen LogP contribution < -0.4 is 0 Å². The molecule has 5 radical (unpaired) electrons. The zero-order valence-electron chi connectivity index (χ0n) is 4.65. The van der Waals surface area contributed by atoms with E-state index in [0.717, 1.165) is 0 Å². The SMILES string of the molecule is [B][B][B]C(Cl)C(Cl)(Cl)Cl.[Rh]. The molecule has 1 unspecified atom stereocenters. The smallest absolute Gasteiger partial charge is 0.129 e. The van der Waals surface area contributed by atoms with Gasteiger partial charge in [-0.1, -0.05) is 34.8 Å². The maximum Gasteiger partial charge on any atom is 0.198 e. The predicted octanol–water partition coefficient (Wildman–Crippen LogP) is 1.33. The molecular weight excluding hydrogens is 301 g/mol. The molecule has 1 atom stereocenters. The van der Waals surface area contributed by atoms with Crippen molar-refractivity contribution >= 4 is 68.4 Å². The monoisotopic (exact) mass is 301 g/mol. The molecule has 0 nitrogen and oxygen atoms in total. The molecule has 0 aliphatic rings. The molecule has 0 N–H and O–H groups in total. The number of rotatable bonds is 2. The first kappa shape index (κ1) is 14.5. The van der Waals surface area contributed by atoms with Crippen LogP contribution >= 0.6 is 46.4 Å². The van der Waals surface area contributed by atoms with E-state index in [1.54, 1.807) is 0 Å². The molecule has 0 aliphatic carbocycles.